The highest BCUT2D eigenvalue weighted by atomic mass is 16.5. The van der Waals surface area contributed by atoms with Gasteiger partial charge in [-0.05, 0) is 32.0 Å². The second-order valence-electron chi connectivity index (χ2n) is 6.05. The molecule has 0 aliphatic carbocycles. The van der Waals surface area contributed by atoms with E-state index in [9.17, 15) is 9.90 Å². The fourth-order valence-electron chi connectivity index (χ4n) is 3.05. The third-order valence-electron chi connectivity index (χ3n) is 4.27. The Morgan fingerprint density at radius 3 is 2.92 bits per heavy atom. The van der Waals surface area contributed by atoms with Gasteiger partial charge in [0.2, 0.25) is 0 Å². The summed E-state index contributed by atoms with van der Waals surface area (Å²) in [6, 6.07) is 7.25. The zero-order chi connectivity index (χ0) is 16.9. The summed E-state index contributed by atoms with van der Waals surface area (Å²) in [6.45, 7) is 7.40. The number of fused-ring (bicyclic) bond motifs is 1. The topological polar surface area (TPSA) is 74.7 Å². The van der Waals surface area contributed by atoms with Crippen molar-refractivity contribution < 1.29 is 14.6 Å². The number of rotatable bonds is 6. The van der Waals surface area contributed by atoms with Crippen molar-refractivity contribution in [1.29, 1.82) is 0 Å². The van der Waals surface area contributed by atoms with E-state index in [2.05, 4.69) is 15.2 Å². The monoisotopic (exact) mass is 329 g/mol. The molecule has 3 rings (SSSR count). The van der Waals surface area contributed by atoms with Crippen LogP contribution in [0.25, 0.3) is 10.9 Å². The van der Waals surface area contributed by atoms with Crippen LogP contribution in [0.5, 0.6) is 0 Å². The first-order chi connectivity index (χ1) is 11.6. The molecule has 0 radical (unpaired) electrons. The van der Waals surface area contributed by atoms with Gasteiger partial charge in [-0.25, -0.2) is 4.79 Å². The van der Waals surface area contributed by atoms with E-state index >= 15 is 0 Å². The Hall–Kier alpha value is -2.18. The molecular formula is C18H23N3O3. The van der Waals surface area contributed by atoms with E-state index < -0.39 is 5.97 Å². The minimum atomic E-state index is -0.947. The first kappa shape index (κ1) is 16.7. The average molecular weight is 329 g/mol. The van der Waals surface area contributed by atoms with Crippen molar-refractivity contribution in [1.82, 2.24) is 9.88 Å². The number of hydrogen-bond acceptors (Lipinski definition) is 5. The van der Waals surface area contributed by atoms with Gasteiger partial charge in [0.25, 0.3) is 0 Å². The van der Waals surface area contributed by atoms with Crippen LogP contribution in [-0.4, -0.2) is 60.4 Å². The molecule has 24 heavy (non-hydrogen) atoms. The number of morpholine rings is 1. The van der Waals surface area contributed by atoms with Crippen LogP contribution in [0.4, 0.5) is 5.69 Å². The largest absolute Gasteiger partial charge is 0.478 e. The maximum atomic E-state index is 11.4. The maximum Gasteiger partial charge on any atom is 0.337 e. The molecule has 1 fully saturated rings. The molecule has 0 amide bonds. The predicted molar refractivity (Wildman–Crippen MR) is 93.8 cm³/mol. The molecule has 1 aliphatic heterocycles. The van der Waals surface area contributed by atoms with Gasteiger partial charge in [-0.2, -0.15) is 0 Å². The number of ether oxygens (including phenoxy) is 1. The Bertz CT molecular complexity index is 727. The molecule has 0 unspecified atom stereocenters. The van der Waals surface area contributed by atoms with Crippen LogP contribution < -0.4 is 5.32 Å². The van der Waals surface area contributed by atoms with Crippen LogP contribution in [0, 0.1) is 6.92 Å². The molecule has 0 saturated carbocycles. The van der Waals surface area contributed by atoms with E-state index in [4.69, 9.17) is 4.74 Å². The first-order valence-corrected chi connectivity index (χ1v) is 8.33. The van der Waals surface area contributed by atoms with Crippen molar-refractivity contribution in [2.24, 2.45) is 0 Å². The number of carbonyl (C=O) groups is 1. The highest BCUT2D eigenvalue weighted by Gasteiger charge is 2.13. The van der Waals surface area contributed by atoms with Gasteiger partial charge in [-0.1, -0.05) is 12.1 Å². The number of pyridine rings is 1. The number of para-hydroxylation sites is 1. The lowest BCUT2D eigenvalue weighted by Gasteiger charge is -2.26. The Kier molecular flexibility index (Phi) is 5.27. The molecule has 128 valence electrons. The molecule has 0 bridgehead atoms. The fraction of sp³-hybridized carbons (Fsp3) is 0.444. The van der Waals surface area contributed by atoms with Gasteiger partial charge in [0, 0.05) is 36.4 Å². The van der Waals surface area contributed by atoms with E-state index in [1.54, 1.807) is 12.1 Å². The number of aromatic nitrogens is 1. The molecular weight excluding hydrogens is 306 g/mol. The summed E-state index contributed by atoms with van der Waals surface area (Å²) in [5.74, 6) is -0.947. The van der Waals surface area contributed by atoms with E-state index in [-0.39, 0.29) is 5.56 Å². The molecule has 0 atom stereocenters. The Morgan fingerprint density at radius 1 is 1.38 bits per heavy atom. The number of carboxylic acid groups (broad SMARTS) is 1. The summed E-state index contributed by atoms with van der Waals surface area (Å²) in [5.41, 5.74) is 2.54. The number of hydrogen-bond donors (Lipinski definition) is 2. The summed E-state index contributed by atoms with van der Waals surface area (Å²) in [6.07, 6.45) is 1.03. The van der Waals surface area contributed by atoms with E-state index in [1.807, 2.05) is 19.1 Å². The van der Waals surface area contributed by atoms with E-state index in [0.717, 1.165) is 62.6 Å². The lowest BCUT2D eigenvalue weighted by atomic mass is 10.1. The van der Waals surface area contributed by atoms with Gasteiger partial charge in [0.05, 0.1) is 24.3 Å². The molecule has 6 nitrogen and oxygen atoms in total. The van der Waals surface area contributed by atoms with Crippen LogP contribution >= 0.6 is 0 Å². The van der Waals surface area contributed by atoms with E-state index in [1.165, 1.54) is 0 Å². The van der Waals surface area contributed by atoms with Crippen molar-refractivity contribution in [3.63, 3.8) is 0 Å². The molecule has 0 spiro atoms. The zero-order valence-corrected chi connectivity index (χ0v) is 13.9. The highest BCUT2D eigenvalue weighted by Crippen LogP contribution is 2.25. The zero-order valence-electron chi connectivity index (χ0n) is 13.9. The normalized spacial score (nSPS) is 15.5. The van der Waals surface area contributed by atoms with Crippen molar-refractivity contribution in [2.75, 3.05) is 44.7 Å². The summed E-state index contributed by atoms with van der Waals surface area (Å²) in [7, 11) is 0. The summed E-state index contributed by atoms with van der Waals surface area (Å²) >= 11 is 0. The summed E-state index contributed by atoms with van der Waals surface area (Å²) in [5, 5.41) is 13.6. The standard InChI is InChI=1S/C18H23N3O3/c1-13-12-16(19-6-3-7-21-8-10-24-11-9-21)14-4-2-5-15(18(22)23)17(14)20-13/h2,4-5,12H,3,6-11H2,1H3,(H,19,20)(H,22,23). The number of anilines is 1. The molecule has 2 aromatic rings. The number of carboxylic acids is 1. The van der Waals surface area contributed by atoms with Crippen molar-refractivity contribution in [2.45, 2.75) is 13.3 Å². The van der Waals surface area contributed by atoms with Crippen LogP contribution in [0.2, 0.25) is 0 Å². The fourth-order valence-corrected chi connectivity index (χ4v) is 3.05. The molecule has 1 saturated heterocycles. The SMILES string of the molecule is Cc1cc(NCCCN2CCOCC2)c2cccc(C(=O)O)c2n1. The predicted octanol–water partition coefficient (Wildman–Crippen LogP) is 2.38. The van der Waals surface area contributed by atoms with Gasteiger partial charge in [-0.15, -0.1) is 0 Å². The minimum absolute atomic E-state index is 0.243. The minimum Gasteiger partial charge on any atom is -0.478 e. The highest BCUT2D eigenvalue weighted by molar-refractivity contribution is 6.05. The molecule has 1 aliphatic rings. The Balaban J connectivity index is 1.69. The summed E-state index contributed by atoms with van der Waals surface area (Å²) in [4.78, 5) is 18.2. The number of nitrogens with one attached hydrogen (secondary N) is 1. The third kappa shape index (κ3) is 3.83. The number of aromatic carboxylic acids is 1. The van der Waals surface area contributed by atoms with Crippen molar-refractivity contribution >= 4 is 22.6 Å². The van der Waals surface area contributed by atoms with Crippen LogP contribution in [0.15, 0.2) is 24.3 Å². The van der Waals surface area contributed by atoms with Crippen LogP contribution in [0.3, 0.4) is 0 Å². The molecule has 6 heteroatoms. The number of benzene rings is 1. The van der Waals surface area contributed by atoms with Crippen molar-refractivity contribution in [3.8, 4) is 0 Å². The lowest BCUT2D eigenvalue weighted by molar-refractivity contribution is 0.0378. The number of aryl methyl sites for hydroxylation is 1. The van der Waals surface area contributed by atoms with Crippen LogP contribution in [0.1, 0.15) is 22.5 Å². The Labute approximate surface area is 141 Å². The first-order valence-electron chi connectivity index (χ1n) is 8.33. The van der Waals surface area contributed by atoms with Gasteiger partial charge < -0.3 is 15.2 Å². The molecule has 1 aromatic carbocycles. The van der Waals surface area contributed by atoms with Crippen LogP contribution in [-0.2, 0) is 4.74 Å². The second kappa shape index (κ2) is 7.59. The van der Waals surface area contributed by atoms with Gasteiger partial charge in [-0.3, -0.25) is 9.88 Å². The Morgan fingerprint density at radius 2 is 2.17 bits per heavy atom. The van der Waals surface area contributed by atoms with Gasteiger partial charge in [0.15, 0.2) is 0 Å². The second-order valence-corrected chi connectivity index (χ2v) is 6.05. The molecule has 2 heterocycles. The maximum absolute atomic E-state index is 11.4. The summed E-state index contributed by atoms with van der Waals surface area (Å²) < 4.78 is 5.36. The third-order valence-corrected chi connectivity index (χ3v) is 4.27. The number of nitrogens with zero attached hydrogens (tertiary/aromatic N) is 2. The van der Waals surface area contributed by atoms with Crippen molar-refractivity contribution in [3.05, 3.63) is 35.5 Å². The average Bonchev–Trinajstić information content (AvgIpc) is 2.58. The molecule has 2 N–H and O–H groups in total. The quantitative estimate of drug-likeness (QED) is 0.793. The van der Waals surface area contributed by atoms with Gasteiger partial charge >= 0.3 is 5.97 Å². The molecule has 1 aromatic heterocycles. The van der Waals surface area contributed by atoms with E-state index in [0.29, 0.717) is 5.52 Å². The smallest absolute Gasteiger partial charge is 0.337 e. The lowest BCUT2D eigenvalue weighted by Crippen LogP contribution is -2.37. The van der Waals surface area contributed by atoms with Gasteiger partial charge in [0.1, 0.15) is 0 Å².